The second-order valence-corrected chi connectivity index (χ2v) is 7.41. The molecule has 0 amide bonds. The summed E-state index contributed by atoms with van der Waals surface area (Å²) in [6.45, 7) is 2.78. The van der Waals surface area contributed by atoms with Crippen molar-refractivity contribution in [1.29, 1.82) is 0 Å². The van der Waals surface area contributed by atoms with Gasteiger partial charge in [-0.3, -0.25) is 0 Å². The predicted octanol–water partition coefficient (Wildman–Crippen LogP) is 2.63. The summed E-state index contributed by atoms with van der Waals surface area (Å²) in [5.74, 6) is -1.15. The Balaban J connectivity index is 3.03. The summed E-state index contributed by atoms with van der Waals surface area (Å²) in [5.41, 5.74) is 0.396. The first kappa shape index (κ1) is 18.4. The Morgan fingerprint density at radius 1 is 1.23 bits per heavy atom. The van der Waals surface area contributed by atoms with Crippen LogP contribution in [0.15, 0.2) is 23.1 Å². The number of carboxylic acid groups (broad SMARTS) is 1. The Hall–Kier alpha value is -1.60. The zero-order chi connectivity index (χ0) is 16.8. The minimum Gasteiger partial charge on any atom is -0.478 e. The number of hydrogen-bond acceptors (Lipinski definition) is 4. The standard InChI is InChI=1S/C15H24N2O4S/c1-4-5-6-7-10-16-13-9-8-12(15(18)19)11-14(13)22(20,21)17(2)3/h8-9,11,16H,4-7,10H2,1-3H3,(H,18,19). The van der Waals surface area contributed by atoms with Gasteiger partial charge in [0.2, 0.25) is 10.0 Å². The number of carboxylic acids is 1. The fourth-order valence-electron chi connectivity index (χ4n) is 1.99. The Morgan fingerprint density at radius 2 is 1.91 bits per heavy atom. The lowest BCUT2D eigenvalue weighted by atomic mass is 10.2. The van der Waals surface area contributed by atoms with Crippen molar-refractivity contribution in [3.63, 3.8) is 0 Å². The van der Waals surface area contributed by atoms with E-state index < -0.39 is 16.0 Å². The van der Waals surface area contributed by atoms with Crippen molar-refractivity contribution in [3.05, 3.63) is 23.8 Å². The van der Waals surface area contributed by atoms with Crippen LogP contribution in [0.5, 0.6) is 0 Å². The highest BCUT2D eigenvalue weighted by atomic mass is 32.2. The first-order valence-corrected chi connectivity index (χ1v) is 8.78. The van der Waals surface area contributed by atoms with E-state index in [4.69, 9.17) is 5.11 Å². The lowest BCUT2D eigenvalue weighted by molar-refractivity contribution is 0.0696. The van der Waals surface area contributed by atoms with Gasteiger partial charge in [-0.25, -0.2) is 17.5 Å². The number of benzene rings is 1. The molecule has 6 nitrogen and oxygen atoms in total. The summed E-state index contributed by atoms with van der Waals surface area (Å²) in [6, 6.07) is 4.12. The molecule has 0 fully saturated rings. The summed E-state index contributed by atoms with van der Waals surface area (Å²) in [6.07, 6.45) is 4.29. The number of rotatable bonds is 9. The number of nitrogens with zero attached hydrogens (tertiary/aromatic N) is 1. The molecule has 2 N–H and O–H groups in total. The minimum atomic E-state index is -3.70. The SMILES string of the molecule is CCCCCCNc1ccc(C(=O)O)cc1S(=O)(=O)N(C)C. The second-order valence-electron chi connectivity index (χ2n) is 5.29. The van der Waals surface area contributed by atoms with E-state index >= 15 is 0 Å². The number of carbonyl (C=O) groups is 1. The molecular weight excluding hydrogens is 304 g/mol. The molecule has 0 saturated heterocycles. The van der Waals surface area contributed by atoms with Crippen molar-refractivity contribution in [3.8, 4) is 0 Å². The third-order valence-electron chi connectivity index (χ3n) is 3.33. The number of hydrogen-bond donors (Lipinski definition) is 2. The van der Waals surface area contributed by atoms with E-state index in [2.05, 4.69) is 12.2 Å². The molecule has 1 aromatic carbocycles. The molecule has 0 heterocycles. The van der Waals surface area contributed by atoms with Crippen LogP contribution in [0.1, 0.15) is 43.0 Å². The van der Waals surface area contributed by atoms with Crippen LogP contribution in [-0.4, -0.2) is 44.4 Å². The second kappa shape index (κ2) is 8.14. The molecule has 22 heavy (non-hydrogen) atoms. The van der Waals surface area contributed by atoms with Crippen molar-refractivity contribution in [1.82, 2.24) is 4.31 Å². The Labute approximate surface area is 132 Å². The van der Waals surface area contributed by atoms with Gasteiger partial charge in [0, 0.05) is 20.6 Å². The van der Waals surface area contributed by atoms with Gasteiger partial charge in [-0.15, -0.1) is 0 Å². The highest BCUT2D eigenvalue weighted by molar-refractivity contribution is 7.89. The van der Waals surface area contributed by atoms with E-state index in [1.165, 1.54) is 32.3 Å². The van der Waals surface area contributed by atoms with Gasteiger partial charge in [-0.2, -0.15) is 0 Å². The lowest BCUT2D eigenvalue weighted by Crippen LogP contribution is -2.24. The minimum absolute atomic E-state index is 0.00658. The lowest BCUT2D eigenvalue weighted by Gasteiger charge is -2.17. The van der Waals surface area contributed by atoms with Crippen LogP contribution in [-0.2, 0) is 10.0 Å². The van der Waals surface area contributed by atoms with Gasteiger partial charge in [0.15, 0.2) is 0 Å². The molecule has 0 aliphatic heterocycles. The van der Waals surface area contributed by atoms with Gasteiger partial charge < -0.3 is 10.4 Å². The van der Waals surface area contributed by atoms with Crippen LogP contribution in [0.2, 0.25) is 0 Å². The van der Waals surface area contributed by atoms with Gasteiger partial charge >= 0.3 is 5.97 Å². The largest absolute Gasteiger partial charge is 0.478 e. The summed E-state index contributed by atoms with van der Waals surface area (Å²) in [7, 11) is -0.855. The molecular formula is C15H24N2O4S. The van der Waals surface area contributed by atoms with Crippen LogP contribution in [0.3, 0.4) is 0 Å². The molecule has 0 spiro atoms. The zero-order valence-electron chi connectivity index (χ0n) is 13.3. The molecule has 0 unspecified atom stereocenters. The third kappa shape index (κ3) is 4.71. The monoisotopic (exact) mass is 328 g/mol. The molecule has 0 saturated carbocycles. The van der Waals surface area contributed by atoms with Crippen LogP contribution in [0.25, 0.3) is 0 Å². The van der Waals surface area contributed by atoms with E-state index in [0.717, 1.165) is 30.0 Å². The highest BCUT2D eigenvalue weighted by Crippen LogP contribution is 2.25. The highest BCUT2D eigenvalue weighted by Gasteiger charge is 2.23. The first-order valence-electron chi connectivity index (χ1n) is 7.34. The van der Waals surface area contributed by atoms with E-state index in [1.54, 1.807) is 0 Å². The van der Waals surface area contributed by atoms with Gasteiger partial charge in [0.1, 0.15) is 4.90 Å². The zero-order valence-corrected chi connectivity index (χ0v) is 14.1. The van der Waals surface area contributed by atoms with E-state index in [1.807, 2.05) is 0 Å². The number of nitrogens with one attached hydrogen (secondary N) is 1. The number of unbranched alkanes of at least 4 members (excludes halogenated alkanes) is 3. The summed E-state index contributed by atoms with van der Waals surface area (Å²) < 4.78 is 25.8. The number of sulfonamides is 1. The Kier molecular flexibility index (Phi) is 6.83. The fourth-order valence-corrected chi connectivity index (χ4v) is 3.07. The Morgan fingerprint density at radius 3 is 2.45 bits per heavy atom. The fraction of sp³-hybridized carbons (Fsp3) is 0.533. The van der Waals surface area contributed by atoms with Crippen molar-refractivity contribution < 1.29 is 18.3 Å². The molecule has 1 rings (SSSR count). The molecule has 124 valence electrons. The average Bonchev–Trinajstić information content (AvgIpc) is 2.46. The van der Waals surface area contributed by atoms with Crippen LogP contribution in [0, 0.1) is 0 Å². The molecule has 1 aromatic rings. The van der Waals surface area contributed by atoms with Gasteiger partial charge in [-0.1, -0.05) is 26.2 Å². The molecule has 7 heteroatoms. The number of anilines is 1. The first-order chi connectivity index (χ1) is 10.3. The predicted molar refractivity (Wildman–Crippen MR) is 86.9 cm³/mol. The molecule has 0 aliphatic rings. The molecule has 0 aromatic heterocycles. The maximum absolute atomic E-state index is 12.4. The van der Waals surface area contributed by atoms with E-state index in [0.29, 0.717) is 12.2 Å². The summed E-state index contributed by atoms with van der Waals surface area (Å²) in [4.78, 5) is 11.1. The quantitative estimate of drug-likeness (QED) is 0.681. The van der Waals surface area contributed by atoms with Crippen molar-refractivity contribution in [2.45, 2.75) is 37.5 Å². The number of aromatic carboxylic acids is 1. The van der Waals surface area contributed by atoms with E-state index in [9.17, 15) is 13.2 Å². The normalized spacial score (nSPS) is 11.6. The van der Waals surface area contributed by atoms with Gasteiger partial charge in [-0.05, 0) is 24.6 Å². The average molecular weight is 328 g/mol. The smallest absolute Gasteiger partial charge is 0.335 e. The topological polar surface area (TPSA) is 86.7 Å². The van der Waals surface area contributed by atoms with Crippen LogP contribution < -0.4 is 5.32 Å². The van der Waals surface area contributed by atoms with Gasteiger partial charge in [0.05, 0.1) is 11.3 Å². The molecule has 0 bridgehead atoms. The Bertz CT molecular complexity index is 612. The van der Waals surface area contributed by atoms with Crippen LogP contribution >= 0.6 is 0 Å². The molecule has 0 radical (unpaired) electrons. The maximum Gasteiger partial charge on any atom is 0.335 e. The van der Waals surface area contributed by atoms with Crippen molar-refractivity contribution in [2.24, 2.45) is 0 Å². The molecule has 0 aliphatic carbocycles. The summed E-state index contributed by atoms with van der Waals surface area (Å²) >= 11 is 0. The molecule has 0 atom stereocenters. The van der Waals surface area contributed by atoms with Crippen molar-refractivity contribution in [2.75, 3.05) is 26.0 Å². The van der Waals surface area contributed by atoms with Crippen LogP contribution in [0.4, 0.5) is 5.69 Å². The van der Waals surface area contributed by atoms with Crippen molar-refractivity contribution >= 4 is 21.7 Å². The van der Waals surface area contributed by atoms with Gasteiger partial charge in [0.25, 0.3) is 0 Å². The summed E-state index contributed by atoms with van der Waals surface area (Å²) in [5, 5.41) is 12.1. The maximum atomic E-state index is 12.4. The third-order valence-corrected chi connectivity index (χ3v) is 5.19. The van der Waals surface area contributed by atoms with E-state index in [-0.39, 0.29) is 10.5 Å².